The van der Waals surface area contributed by atoms with Crippen LogP contribution in [0.1, 0.15) is 31.0 Å². The van der Waals surface area contributed by atoms with E-state index in [-0.39, 0.29) is 12.4 Å². The molecule has 1 aromatic carbocycles. The normalized spacial score (nSPS) is 21.4. The van der Waals surface area contributed by atoms with Gasteiger partial charge >= 0.3 is 12.3 Å². The first-order valence-electron chi connectivity index (χ1n) is 6.33. The number of hydrogen-bond acceptors (Lipinski definition) is 3. The molecule has 0 aromatic heterocycles. The van der Waals surface area contributed by atoms with Gasteiger partial charge in [-0.3, -0.25) is 0 Å². The summed E-state index contributed by atoms with van der Waals surface area (Å²) >= 11 is 0. The topological polar surface area (TPSA) is 47.6 Å². The maximum absolute atomic E-state index is 12.7. The number of alkyl carbamates (subject to hydrolysis) is 1. The summed E-state index contributed by atoms with van der Waals surface area (Å²) in [5.74, 6) is 0.0881. The summed E-state index contributed by atoms with van der Waals surface area (Å²) in [4.78, 5) is 11.4. The number of methoxy groups -OCH3 is 1. The summed E-state index contributed by atoms with van der Waals surface area (Å²) in [6, 6.07) is 2.76. The third kappa shape index (κ3) is 3.06. The zero-order valence-corrected chi connectivity index (χ0v) is 11.9. The van der Waals surface area contributed by atoms with Crippen molar-refractivity contribution in [1.29, 1.82) is 0 Å². The minimum Gasteiger partial charge on any atom is -0.496 e. The third-order valence-corrected chi connectivity index (χ3v) is 3.49. The highest BCUT2D eigenvalue weighted by molar-refractivity contribution is 5.69. The number of nitrogens with one attached hydrogen (secondary N) is 1. The SMILES string of the molecule is COc1cc(C(F)(F)F)ccc1[C@H]1NC(=O)OCC1(C)C. The van der Waals surface area contributed by atoms with Gasteiger partial charge in [-0.2, -0.15) is 13.2 Å². The van der Waals surface area contributed by atoms with Gasteiger partial charge in [-0.25, -0.2) is 4.79 Å². The fourth-order valence-electron chi connectivity index (χ4n) is 2.31. The summed E-state index contributed by atoms with van der Waals surface area (Å²) in [5.41, 5.74) is -0.771. The second kappa shape index (κ2) is 5.13. The van der Waals surface area contributed by atoms with Crippen molar-refractivity contribution in [1.82, 2.24) is 5.32 Å². The summed E-state index contributed by atoms with van der Waals surface area (Å²) in [7, 11) is 1.30. The minimum absolute atomic E-state index is 0.0881. The first kappa shape index (κ1) is 15.5. The molecule has 1 saturated heterocycles. The van der Waals surface area contributed by atoms with Crippen LogP contribution < -0.4 is 10.1 Å². The van der Waals surface area contributed by atoms with Crippen molar-refractivity contribution >= 4 is 6.09 Å². The quantitative estimate of drug-likeness (QED) is 0.909. The van der Waals surface area contributed by atoms with E-state index >= 15 is 0 Å². The van der Waals surface area contributed by atoms with Gasteiger partial charge in [0, 0.05) is 11.0 Å². The molecule has 0 radical (unpaired) electrons. The highest BCUT2D eigenvalue weighted by atomic mass is 19.4. The maximum Gasteiger partial charge on any atom is 0.416 e. The molecule has 0 spiro atoms. The number of amides is 1. The molecule has 1 aliphatic rings. The summed E-state index contributed by atoms with van der Waals surface area (Å²) in [6.07, 6.45) is -5.04. The van der Waals surface area contributed by atoms with Crippen LogP contribution in [0, 0.1) is 5.41 Å². The van der Waals surface area contributed by atoms with Gasteiger partial charge in [0.25, 0.3) is 0 Å². The zero-order chi connectivity index (χ0) is 15.8. The van der Waals surface area contributed by atoms with Crippen molar-refractivity contribution in [3.8, 4) is 5.75 Å². The van der Waals surface area contributed by atoms with Crippen molar-refractivity contribution in [3.05, 3.63) is 29.3 Å². The van der Waals surface area contributed by atoms with Crippen LogP contribution in [0.3, 0.4) is 0 Å². The first-order chi connectivity index (χ1) is 9.65. The van der Waals surface area contributed by atoms with Gasteiger partial charge in [0.05, 0.1) is 18.7 Å². The lowest BCUT2D eigenvalue weighted by atomic mass is 9.80. The standard InChI is InChI=1S/C14H16F3NO3/c1-13(2)7-21-12(19)18-11(13)9-5-4-8(14(15,16)17)6-10(9)20-3/h4-6,11H,7H2,1-3H3,(H,18,19)/t11-/m1/s1. The van der Waals surface area contributed by atoms with Crippen LogP contribution >= 0.6 is 0 Å². The van der Waals surface area contributed by atoms with Gasteiger partial charge in [0.15, 0.2) is 0 Å². The summed E-state index contributed by atoms with van der Waals surface area (Å²) in [6.45, 7) is 3.89. The van der Waals surface area contributed by atoms with Crippen molar-refractivity contribution < 1.29 is 27.4 Å². The molecule has 0 unspecified atom stereocenters. The Labute approximate surface area is 120 Å². The van der Waals surface area contributed by atoms with Crippen LogP contribution in [0.4, 0.5) is 18.0 Å². The van der Waals surface area contributed by atoms with Gasteiger partial charge in [-0.05, 0) is 12.1 Å². The Balaban J connectivity index is 2.45. The van der Waals surface area contributed by atoms with Crippen molar-refractivity contribution in [2.45, 2.75) is 26.1 Å². The fraction of sp³-hybridized carbons (Fsp3) is 0.500. The molecular weight excluding hydrogens is 287 g/mol. The Morgan fingerprint density at radius 3 is 2.62 bits per heavy atom. The number of alkyl halides is 3. The van der Waals surface area contributed by atoms with Crippen LogP contribution in [-0.2, 0) is 10.9 Å². The van der Waals surface area contributed by atoms with Crippen LogP contribution in [0.25, 0.3) is 0 Å². The Morgan fingerprint density at radius 1 is 1.38 bits per heavy atom. The lowest BCUT2D eigenvalue weighted by Crippen LogP contribution is -2.47. The molecule has 1 fully saturated rings. The van der Waals surface area contributed by atoms with Crippen molar-refractivity contribution in [2.75, 3.05) is 13.7 Å². The molecule has 1 aromatic rings. The largest absolute Gasteiger partial charge is 0.496 e. The van der Waals surface area contributed by atoms with E-state index in [9.17, 15) is 18.0 Å². The lowest BCUT2D eigenvalue weighted by molar-refractivity contribution is -0.137. The van der Waals surface area contributed by atoms with Gasteiger partial charge in [-0.15, -0.1) is 0 Å². The maximum atomic E-state index is 12.7. The van der Waals surface area contributed by atoms with Crippen LogP contribution in [0.2, 0.25) is 0 Å². The summed E-state index contributed by atoms with van der Waals surface area (Å²) < 4.78 is 48.2. The number of halogens is 3. The molecule has 7 heteroatoms. The minimum atomic E-state index is -4.44. The monoisotopic (exact) mass is 303 g/mol. The smallest absolute Gasteiger partial charge is 0.416 e. The number of cyclic esters (lactones) is 1. The molecule has 1 heterocycles. The van der Waals surface area contributed by atoms with Gasteiger partial charge in [-0.1, -0.05) is 19.9 Å². The Morgan fingerprint density at radius 2 is 2.05 bits per heavy atom. The highest BCUT2D eigenvalue weighted by Crippen LogP contribution is 2.42. The van der Waals surface area contributed by atoms with E-state index in [0.717, 1.165) is 12.1 Å². The molecule has 2 rings (SSSR count). The van der Waals surface area contributed by atoms with Crippen LogP contribution in [-0.4, -0.2) is 19.8 Å². The second-order valence-electron chi connectivity index (χ2n) is 5.60. The average Bonchev–Trinajstić information content (AvgIpc) is 2.40. The third-order valence-electron chi connectivity index (χ3n) is 3.49. The molecule has 0 saturated carbocycles. The van der Waals surface area contributed by atoms with E-state index in [4.69, 9.17) is 9.47 Å². The molecule has 4 nitrogen and oxygen atoms in total. The highest BCUT2D eigenvalue weighted by Gasteiger charge is 2.40. The van der Waals surface area contributed by atoms with Crippen molar-refractivity contribution in [2.24, 2.45) is 5.41 Å². The first-order valence-corrected chi connectivity index (χ1v) is 6.33. The second-order valence-corrected chi connectivity index (χ2v) is 5.60. The van der Waals surface area contributed by atoms with Gasteiger partial charge in [0.2, 0.25) is 0 Å². The van der Waals surface area contributed by atoms with E-state index < -0.39 is 29.3 Å². The molecule has 1 amide bonds. The number of ether oxygens (including phenoxy) is 2. The number of carbonyl (C=O) groups is 1. The average molecular weight is 303 g/mol. The molecular formula is C14H16F3NO3. The predicted octanol–water partition coefficient (Wildman–Crippen LogP) is 3.52. The molecule has 1 atom stereocenters. The lowest BCUT2D eigenvalue weighted by Gasteiger charge is -2.39. The Hall–Kier alpha value is -1.92. The predicted molar refractivity (Wildman–Crippen MR) is 69.0 cm³/mol. The molecule has 116 valence electrons. The Bertz CT molecular complexity index is 555. The zero-order valence-electron chi connectivity index (χ0n) is 11.9. The van der Waals surface area contributed by atoms with Crippen LogP contribution in [0.5, 0.6) is 5.75 Å². The fourth-order valence-corrected chi connectivity index (χ4v) is 2.31. The molecule has 1 aliphatic heterocycles. The van der Waals surface area contributed by atoms with E-state index in [2.05, 4.69) is 5.32 Å². The number of hydrogen-bond donors (Lipinski definition) is 1. The molecule has 21 heavy (non-hydrogen) atoms. The van der Waals surface area contributed by atoms with E-state index in [0.29, 0.717) is 5.56 Å². The van der Waals surface area contributed by atoms with Crippen LogP contribution in [0.15, 0.2) is 18.2 Å². The van der Waals surface area contributed by atoms with E-state index in [1.807, 2.05) is 13.8 Å². The van der Waals surface area contributed by atoms with E-state index in [1.165, 1.54) is 13.2 Å². The molecule has 1 N–H and O–H groups in total. The number of carbonyl (C=O) groups excluding carboxylic acids is 1. The summed E-state index contributed by atoms with van der Waals surface area (Å²) in [5, 5.41) is 2.63. The van der Waals surface area contributed by atoms with Gasteiger partial charge in [0.1, 0.15) is 12.4 Å². The number of benzene rings is 1. The molecule has 0 bridgehead atoms. The number of rotatable bonds is 2. The van der Waals surface area contributed by atoms with Crippen molar-refractivity contribution in [3.63, 3.8) is 0 Å². The Kier molecular flexibility index (Phi) is 3.78. The van der Waals surface area contributed by atoms with Gasteiger partial charge < -0.3 is 14.8 Å². The molecule has 0 aliphatic carbocycles. The van der Waals surface area contributed by atoms with E-state index in [1.54, 1.807) is 0 Å².